The van der Waals surface area contributed by atoms with Gasteiger partial charge in [0.05, 0.1) is 0 Å². The summed E-state index contributed by atoms with van der Waals surface area (Å²) >= 11 is 0. The number of hydrogen-bond donors (Lipinski definition) is 2. The average Bonchev–Trinajstić information content (AvgIpc) is 2.37. The van der Waals surface area contributed by atoms with Crippen molar-refractivity contribution in [2.45, 2.75) is 20.4 Å². The van der Waals surface area contributed by atoms with Gasteiger partial charge >= 0.3 is 0 Å². The molecule has 0 fully saturated rings. The Morgan fingerprint density at radius 1 is 1.00 bits per heavy atom. The van der Waals surface area contributed by atoms with Gasteiger partial charge in [0.15, 0.2) is 0 Å². The number of nitrogens with zero attached hydrogens (tertiary/aromatic N) is 2. The lowest BCUT2D eigenvalue weighted by Crippen LogP contribution is -2.05. The van der Waals surface area contributed by atoms with Gasteiger partial charge in [0.2, 0.25) is 0 Å². The number of hydrogen-bond acceptors (Lipinski definition) is 4. The Bertz CT molecular complexity index is 520. The van der Waals surface area contributed by atoms with Crippen LogP contribution < -0.4 is 10.6 Å². The van der Waals surface area contributed by atoms with Crippen molar-refractivity contribution in [3.05, 3.63) is 47.3 Å². The van der Waals surface area contributed by atoms with Gasteiger partial charge in [-0.15, -0.1) is 0 Å². The predicted octanol–water partition coefficient (Wildman–Crippen LogP) is 2.75. The number of benzene rings is 1. The molecule has 0 unspecified atom stereocenters. The summed E-state index contributed by atoms with van der Waals surface area (Å²) in [4.78, 5) is 8.61. The van der Waals surface area contributed by atoms with Crippen LogP contribution in [-0.2, 0) is 6.54 Å². The Morgan fingerprint density at radius 2 is 1.67 bits per heavy atom. The summed E-state index contributed by atoms with van der Waals surface area (Å²) in [6.45, 7) is 4.74. The second-order valence-electron chi connectivity index (χ2n) is 4.27. The number of anilines is 2. The van der Waals surface area contributed by atoms with Crippen LogP contribution in [0.5, 0.6) is 0 Å². The van der Waals surface area contributed by atoms with E-state index >= 15 is 0 Å². The molecule has 1 heterocycles. The van der Waals surface area contributed by atoms with Crippen molar-refractivity contribution in [1.82, 2.24) is 9.97 Å². The molecule has 0 spiro atoms. The molecular weight excluding hydrogens is 224 g/mol. The Morgan fingerprint density at radius 3 is 2.33 bits per heavy atom. The van der Waals surface area contributed by atoms with Gasteiger partial charge < -0.3 is 10.6 Å². The first kappa shape index (κ1) is 12.4. The van der Waals surface area contributed by atoms with Gasteiger partial charge in [0.25, 0.3) is 0 Å². The molecule has 0 amide bonds. The highest BCUT2D eigenvalue weighted by atomic mass is 15.1. The van der Waals surface area contributed by atoms with Gasteiger partial charge in [-0.2, -0.15) is 0 Å². The fraction of sp³-hybridized carbons (Fsp3) is 0.286. The highest BCUT2D eigenvalue weighted by Crippen LogP contribution is 2.12. The molecule has 0 saturated heterocycles. The van der Waals surface area contributed by atoms with Crippen LogP contribution in [-0.4, -0.2) is 17.0 Å². The monoisotopic (exact) mass is 242 g/mol. The molecule has 0 atom stereocenters. The molecule has 1 aromatic carbocycles. The fourth-order valence-electron chi connectivity index (χ4n) is 1.68. The maximum Gasteiger partial charge on any atom is 0.132 e. The van der Waals surface area contributed by atoms with Crippen LogP contribution in [0.1, 0.15) is 17.0 Å². The zero-order valence-electron chi connectivity index (χ0n) is 11.0. The van der Waals surface area contributed by atoms with Crippen molar-refractivity contribution in [3.8, 4) is 0 Å². The molecule has 2 rings (SSSR count). The lowest BCUT2D eigenvalue weighted by molar-refractivity contribution is 1.02. The summed E-state index contributed by atoms with van der Waals surface area (Å²) in [5.41, 5.74) is 2.51. The fourth-order valence-corrected chi connectivity index (χ4v) is 1.68. The Hall–Kier alpha value is -2.10. The molecule has 0 saturated carbocycles. The standard InChI is InChI=1S/C14H18N4/c1-10-4-6-12(7-5-10)9-16-14-8-13(15-3)17-11(2)18-14/h4-8H,9H2,1-3H3,(H2,15,16,17,18). The van der Waals surface area contributed by atoms with E-state index in [4.69, 9.17) is 0 Å². The minimum Gasteiger partial charge on any atom is -0.373 e. The van der Waals surface area contributed by atoms with Crippen LogP contribution in [0.15, 0.2) is 30.3 Å². The Balaban J connectivity index is 2.05. The first-order valence-corrected chi connectivity index (χ1v) is 6.00. The van der Waals surface area contributed by atoms with Crippen LogP contribution in [0.25, 0.3) is 0 Å². The number of nitrogens with one attached hydrogen (secondary N) is 2. The molecule has 0 aliphatic carbocycles. The maximum absolute atomic E-state index is 4.35. The molecule has 4 nitrogen and oxygen atoms in total. The smallest absolute Gasteiger partial charge is 0.132 e. The molecule has 0 bridgehead atoms. The summed E-state index contributed by atoms with van der Waals surface area (Å²) in [5, 5.41) is 6.33. The Labute approximate surface area is 107 Å². The zero-order valence-corrected chi connectivity index (χ0v) is 11.0. The van der Waals surface area contributed by atoms with E-state index in [1.165, 1.54) is 11.1 Å². The largest absolute Gasteiger partial charge is 0.373 e. The summed E-state index contributed by atoms with van der Waals surface area (Å²) in [5.74, 6) is 2.43. The van der Waals surface area contributed by atoms with E-state index < -0.39 is 0 Å². The SMILES string of the molecule is CNc1cc(NCc2ccc(C)cc2)nc(C)n1. The molecule has 2 aromatic rings. The van der Waals surface area contributed by atoms with Gasteiger partial charge in [-0.3, -0.25) is 0 Å². The third-order valence-electron chi connectivity index (χ3n) is 2.69. The van der Waals surface area contributed by atoms with E-state index in [-0.39, 0.29) is 0 Å². The minimum absolute atomic E-state index is 0.758. The van der Waals surface area contributed by atoms with Crippen LogP contribution in [0.3, 0.4) is 0 Å². The second kappa shape index (κ2) is 5.49. The molecule has 4 heteroatoms. The minimum atomic E-state index is 0.758. The zero-order chi connectivity index (χ0) is 13.0. The molecule has 0 aliphatic heterocycles. The van der Waals surface area contributed by atoms with E-state index in [0.29, 0.717) is 0 Å². The van der Waals surface area contributed by atoms with Crippen LogP contribution >= 0.6 is 0 Å². The molecule has 94 valence electrons. The molecule has 18 heavy (non-hydrogen) atoms. The molecule has 2 N–H and O–H groups in total. The molecule has 0 aliphatic rings. The normalized spacial score (nSPS) is 10.2. The molecule has 0 radical (unpaired) electrons. The van der Waals surface area contributed by atoms with Crippen molar-refractivity contribution >= 4 is 11.6 Å². The van der Waals surface area contributed by atoms with Crippen molar-refractivity contribution in [1.29, 1.82) is 0 Å². The van der Waals surface area contributed by atoms with Gasteiger partial charge in [-0.05, 0) is 19.4 Å². The van der Waals surface area contributed by atoms with Crippen LogP contribution in [0.4, 0.5) is 11.6 Å². The summed E-state index contributed by atoms with van der Waals surface area (Å²) < 4.78 is 0. The third-order valence-corrected chi connectivity index (χ3v) is 2.69. The topological polar surface area (TPSA) is 49.8 Å². The van der Waals surface area contributed by atoms with Crippen molar-refractivity contribution in [2.75, 3.05) is 17.7 Å². The Kier molecular flexibility index (Phi) is 3.77. The van der Waals surface area contributed by atoms with Crippen LogP contribution in [0.2, 0.25) is 0 Å². The highest BCUT2D eigenvalue weighted by Gasteiger charge is 2.00. The summed E-state index contributed by atoms with van der Waals surface area (Å²) in [6.07, 6.45) is 0. The lowest BCUT2D eigenvalue weighted by Gasteiger charge is -2.08. The van der Waals surface area contributed by atoms with Gasteiger partial charge in [0.1, 0.15) is 17.5 Å². The quantitative estimate of drug-likeness (QED) is 0.865. The molecule has 1 aromatic heterocycles. The lowest BCUT2D eigenvalue weighted by atomic mass is 10.1. The highest BCUT2D eigenvalue weighted by molar-refractivity contribution is 5.47. The van der Waals surface area contributed by atoms with Gasteiger partial charge in [-0.1, -0.05) is 29.8 Å². The van der Waals surface area contributed by atoms with Crippen molar-refractivity contribution < 1.29 is 0 Å². The first-order chi connectivity index (χ1) is 8.67. The van der Waals surface area contributed by atoms with Crippen LogP contribution in [0, 0.1) is 13.8 Å². The number of aromatic nitrogens is 2. The van der Waals surface area contributed by atoms with Crippen molar-refractivity contribution in [3.63, 3.8) is 0 Å². The summed E-state index contributed by atoms with van der Waals surface area (Å²) in [6, 6.07) is 10.4. The summed E-state index contributed by atoms with van der Waals surface area (Å²) in [7, 11) is 1.85. The third kappa shape index (κ3) is 3.20. The average molecular weight is 242 g/mol. The number of rotatable bonds is 4. The number of aryl methyl sites for hydroxylation is 2. The van der Waals surface area contributed by atoms with E-state index in [2.05, 4.69) is 51.8 Å². The van der Waals surface area contributed by atoms with E-state index in [1.807, 2.05) is 20.0 Å². The van der Waals surface area contributed by atoms with Crippen molar-refractivity contribution in [2.24, 2.45) is 0 Å². The first-order valence-electron chi connectivity index (χ1n) is 6.00. The van der Waals surface area contributed by atoms with E-state index in [1.54, 1.807) is 0 Å². The predicted molar refractivity (Wildman–Crippen MR) is 74.8 cm³/mol. The van der Waals surface area contributed by atoms with E-state index in [9.17, 15) is 0 Å². The van der Waals surface area contributed by atoms with Gasteiger partial charge in [0, 0.05) is 19.7 Å². The maximum atomic E-state index is 4.35. The van der Waals surface area contributed by atoms with Gasteiger partial charge in [-0.25, -0.2) is 9.97 Å². The van der Waals surface area contributed by atoms with E-state index in [0.717, 1.165) is 24.0 Å². The molecular formula is C14H18N4. The second-order valence-corrected chi connectivity index (χ2v) is 4.27.